The van der Waals surface area contributed by atoms with E-state index in [0.717, 1.165) is 22.8 Å². The Hall–Kier alpha value is -3.39. The number of aromatic nitrogens is 2. The van der Waals surface area contributed by atoms with Crippen molar-refractivity contribution >= 4 is 11.7 Å². The molecule has 3 aromatic rings. The van der Waals surface area contributed by atoms with E-state index in [2.05, 4.69) is 20.6 Å². The van der Waals surface area contributed by atoms with Gasteiger partial charge in [0, 0.05) is 36.8 Å². The van der Waals surface area contributed by atoms with Gasteiger partial charge in [0.1, 0.15) is 11.6 Å². The number of carbonyl (C=O) groups excluding carboxylic acids is 1. The summed E-state index contributed by atoms with van der Waals surface area (Å²) in [6, 6.07) is 9.79. The number of rotatable bonds is 5. The van der Waals surface area contributed by atoms with Crippen molar-refractivity contribution in [2.45, 2.75) is 25.4 Å². The highest BCUT2D eigenvalue weighted by Crippen LogP contribution is 2.34. The first-order valence-corrected chi connectivity index (χ1v) is 9.61. The first-order chi connectivity index (χ1) is 14.5. The van der Waals surface area contributed by atoms with Gasteiger partial charge in [0.2, 0.25) is 0 Å². The maximum Gasteiger partial charge on any atom is 0.273 e. The van der Waals surface area contributed by atoms with Crippen LogP contribution in [0.25, 0.3) is 11.3 Å². The molecule has 4 N–H and O–H groups in total. The molecule has 0 radical (unpaired) electrons. The molecular weight excluding hydrogens is 388 g/mol. The van der Waals surface area contributed by atoms with E-state index < -0.39 is 17.5 Å². The molecule has 0 saturated carbocycles. The molecular formula is C22H21F2N5O. The summed E-state index contributed by atoms with van der Waals surface area (Å²) in [5.41, 5.74) is 9.37. The number of hydrogen-bond acceptors (Lipinski definition) is 5. The molecule has 0 saturated heterocycles. The lowest BCUT2D eigenvalue weighted by atomic mass is 10.1. The number of amides is 1. The van der Waals surface area contributed by atoms with Crippen molar-refractivity contribution in [3.63, 3.8) is 0 Å². The van der Waals surface area contributed by atoms with Crippen LogP contribution >= 0.6 is 0 Å². The van der Waals surface area contributed by atoms with Gasteiger partial charge in [-0.05, 0) is 36.1 Å². The van der Waals surface area contributed by atoms with E-state index in [1.165, 1.54) is 19.3 Å². The Morgan fingerprint density at radius 2 is 2.10 bits per heavy atom. The number of halogens is 2. The van der Waals surface area contributed by atoms with Gasteiger partial charge in [0.05, 0.1) is 11.9 Å². The smallest absolute Gasteiger partial charge is 0.273 e. The normalized spacial score (nSPS) is 15.1. The number of carbonyl (C=O) groups is 1. The van der Waals surface area contributed by atoms with Gasteiger partial charge in [0.25, 0.3) is 5.91 Å². The van der Waals surface area contributed by atoms with Crippen molar-refractivity contribution in [2.75, 3.05) is 12.8 Å². The van der Waals surface area contributed by atoms with Crippen LogP contribution in [0.4, 0.5) is 14.6 Å². The van der Waals surface area contributed by atoms with Crippen LogP contribution in [0.5, 0.6) is 0 Å². The number of benzene rings is 2. The monoisotopic (exact) mass is 409 g/mol. The fourth-order valence-electron chi connectivity index (χ4n) is 3.79. The molecule has 0 spiro atoms. The van der Waals surface area contributed by atoms with Crippen LogP contribution in [0.15, 0.2) is 42.6 Å². The lowest BCUT2D eigenvalue weighted by molar-refractivity contribution is 0.0959. The zero-order chi connectivity index (χ0) is 21.3. The number of nitrogens with two attached hydrogens (primary N) is 1. The summed E-state index contributed by atoms with van der Waals surface area (Å²) in [5, 5.41) is 5.85. The zero-order valence-electron chi connectivity index (χ0n) is 16.4. The second-order valence-corrected chi connectivity index (χ2v) is 7.20. The highest BCUT2D eigenvalue weighted by Gasteiger charge is 2.26. The largest absolute Gasteiger partial charge is 0.382 e. The van der Waals surface area contributed by atoms with Gasteiger partial charge in [-0.25, -0.2) is 18.7 Å². The van der Waals surface area contributed by atoms with Gasteiger partial charge in [0.15, 0.2) is 11.5 Å². The quantitative estimate of drug-likeness (QED) is 0.602. The number of fused-ring (bicyclic) bond motifs is 1. The molecule has 4 rings (SSSR count). The molecule has 1 aliphatic rings. The van der Waals surface area contributed by atoms with Crippen molar-refractivity contribution in [3.05, 3.63) is 76.6 Å². The molecule has 0 fully saturated rings. The molecule has 0 aliphatic heterocycles. The molecule has 1 atom stereocenters. The molecule has 1 heterocycles. The van der Waals surface area contributed by atoms with Crippen molar-refractivity contribution in [1.82, 2.24) is 20.6 Å². The summed E-state index contributed by atoms with van der Waals surface area (Å²) in [6.07, 6.45) is 2.88. The van der Waals surface area contributed by atoms with Crippen molar-refractivity contribution in [3.8, 4) is 11.3 Å². The third-order valence-corrected chi connectivity index (χ3v) is 5.25. The number of nitrogens with zero attached hydrogens (tertiary/aromatic N) is 2. The van der Waals surface area contributed by atoms with Crippen LogP contribution < -0.4 is 16.4 Å². The van der Waals surface area contributed by atoms with Crippen molar-refractivity contribution in [2.24, 2.45) is 0 Å². The number of hydrogen-bond donors (Lipinski definition) is 3. The maximum atomic E-state index is 14.2. The van der Waals surface area contributed by atoms with Gasteiger partial charge in [-0.3, -0.25) is 4.79 Å². The van der Waals surface area contributed by atoms with E-state index in [0.29, 0.717) is 30.6 Å². The second kappa shape index (κ2) is 8.16. The topological polar surface area (TPSA) is 92.9 Å². The summed E-state index contributed by atoms with van der Waals surface area (Å²) >= 11 is 0. The highest BCUT2D eigenvalue weighted by atomic mass is 19.1. The second-order valence-electron chi connectivity index (χ2n) is 7.20. The number of nitrogen functional groups attached to an aromatic ring is 1. The number of nitrogens with one attached hydrogen (secondary N) is 2. The Balaban J connectivity index is 1.53. The van der Waals surface area contributed by atoms with Gasteiger partial charge in [-0.15, -0.1) is 0 Å². The van der Waals surface area contributed by atoms with Gasteiger partial charge in [-0.1, -0.05) is 18.2 Å². The first kappa shape index (κ1) is 19.9. The van der Waals surface area contributed by atoms with Crippen molar-refractivity contribution in [1.29, 1.82) is 0 Å². The van der Waals surface area contributed by atoms with Gasteiger partial charge in [-0.2, -0.15) is 0 Å². The molecule has 1 aliphatic carbocycles. The van der Waals surface area contributed by atoms with Crippen molar-refractivity contribution < 1.29 is 13.6 Å². The van der Waals surface area contributed by atoms with E-state index >= 15 is 0 Å². The summed E-state index contributed by atoms with van der Waals surface area (Å²) in [7, 11) is 1.50. The lowest BCUT2D eigenvalue weighted by Gasteiger charge is -2.15. The van der Waals surface area contributed by atoms with Crippen LogP contribution in [0.1, 0.15) is 39.6 Å². The fourth-order valence-corrected chi connectivity index (χ4v) is 3.79. The molecule has 2 aromatic carbocycles. The zero-order valence-corrected chi connectivity index (χ0v) is 16.4. The standard InChI is InChI=1S/C22H21F2N5O/c1-26-22(30)20-21(25)28-11-18(29-20)13-4-2-3-12(7-13)10-27-17-6-5-14-8-15(23)9-16(24)19(14)17/h2-4,7-9,11,17,27H,5-6,10H2,1H3,(H2,25,28)(H,26,30). The summed E-state index contributed by atoms with van der Waals surface area (Å²) in [6.45, 7) is 0.499. The third kappa shape index (κ3) is 3.86. The van der Waals surface area contributed by atoms with Crippen LogP contribution in [0.3, 0.4) is 0 Å². The number of aryl methyl sites for hydroxylation is 1. The predicted octanol–water partition coefficient (Wildman–Crippen LogP) is 3.14. The molecule has 1 amide bonds. The lowest BCUT2D eigenvalue weighted by Crippen LogP contribution is -2.21. The molecule has 6 nitrogen and oxygen atoms in total. The van der Waals surface area contributed by atoms with Crippen LogP contribution in [0, 0.1) is 11.6 Å². The Morgan fingerprint density at radius 3 is 2.90 bits per heavy atom. The highest BCUT2D eigenvalue weighted by molar-refractivity contribution is 5.96. The van der Waals surface area contributed by atoms with Gasteiger partial charge >= 0.3 is 0 Å². The van der Waals surface area contributed by atoms with Crippen LogP contribution in [-0.4, -0.2) is 22.9 Å². The summed E-state index contributed by atoms with van der Waals surface area (Å²) < 4.78 is 27.7. The maximum absolute atomic E-state index is 14.2. The third-order valence-electron chi connectivity index (χ3n) is 5.25. The fraction of sp³-hybridized carbons (Fsp3) is 0.227. The summed E-state index contributed by atoms with van der Waals surface area (Å²) in [4.78, 5) is 20.3. The minimum absolute atomic E-state index is 0.0642. The molecule has 1 aromatic heterocycles. The van der Waals surface area contributed by atoms with E-state index in [1.54, 1.807) is 0 Å². The Morgan fingerprint density at radius 1 is 1.27 bits per heavy atom. The average molecular weight is 409 g/mol. The summed E-state index contributed by atoms with van der Waals surface area (Å²) in [5.74, 6) is -1.39. The van der Waals surface area contributed by atoms with Crippen LogP contribution in [0.2, 0.25) is 0 Å². The van der Waals surface area contributed by atoms with E-state index in [-0.39, 0.29) is 17.6 Å². The Kier molecular flexibility index (Phi) is 5.41. The van der Waals surface area contributed by atoms with Crippen LogP contribution in [-0.2, 0) is 13.0 Å². The predicted molar refractivity (Wildman–Crippen MR) is 110 cm³/mol. The van der Waals surface area contributed by atoms with E-state index in [4.69, 9.17) is 5.73 Å². The molecule has 0 bridgehead atoms. The molecule has 1 unspecified atom stereocenters. The first-order valence-electron chi connectivity index (χ1n) is 9.61. The van der Waals surface area contributed by atoms with E-state index in [1.807, 2.05) is 24.3 Å². The molecule has 154 valence electrons. The average Bonchev–Trinajstić information content (AvgIpc) is 3.15. The molecule has 8 heteroatoms. The van der Waals surface area contributed by atoms with Gasteiger partial charge < -0.3 is 16.4 Å². The number of anilines is 1. The Labute approximate surface area is 172 Å². The SMILES string of the molecule is CNC(=O)c1nc(-c2cccc(CNC3CCc4cc(F)cc(F)c43)c2)cnc1N. The van der Waals surface area contributed by atoms with E-state index in [9.17, 15) is 13.6 Å². The minimum atomic E-state index is -0.541. The molecule has 30 heavy (non-hydrogen) atoms. The Bertz CT molecular complexity index is 1120. The minimum Gasteiger partial charge on any atom is -0.382 e.